The van der Waals surface area contributed by atoms with Crippen LogP contribution in [0.4, 0.5) is 18.0 Å². The number of hydrogen-bond donors (Lipinski definition) is 2. The number of rotatable bonds is 7. The monoisotopic (exact) mass is 492 g/mol. The summed E-state index contributed by atoms with van der Waals surface area (Å²) in [4.78, 5) is 28.9. The average molecular weight is 493 g/mol. The molecule has 0 radical (unpaired) electrons. The largest absolute Gasteiger partial charge is 0.444 e. The van der Waals surface area contributed by atoms with Gasteiger partial charge in [0.2, 0.25) is 5.91 Å². The number of nitrogens with zero attached hydrogens (tertiary/aromatic N) is 4. The Balaban J connectivity index is 1.50. The first-order valence-electron chi connectivity index (χ1n) is 11.3. The summed E-state index contributed by atoms with van der Waals surface area (Å²) in [6.07, 6.45) is -1.71. The Bertz CT molecular complexity index is 1190. The lowest BCUT2D eigenvalue weighted by atomic mass is 9.91. The molecule has 2 heterocycles. The van der Waals surface area contributed by atoms with E-state index in [0.29, 0.717) is 29.7 Å². The van der Waals surface area contributed by atoms with E-state index in [1.807, 2.05) is 0 Å². The zero-order valence-corrected chi connectivity index (χ0v) is 19.7. The van der Waals surface area contributed by atoms with Gasteiger partial charge in [0.15, 0.2) is 5.65 Å². The van der Waals surface area contributed by atoms with Crippen molar-refractivity contribution in [2.45, 2.75) is 77.2 Å². The molecule has 0 bridgehead atoms. The summed E-state index contributed by atoms with van der Waals surface area (Å²) in [6.45, 7) is 5.34. The molecule has 2 aromatic heterocycles. The van der Waals surface area contributed by atoms with E-state index in [2.05, 4.69) is 26.8 Å². The highest BCUT2D eigenvalue weighted by atomic mass is 19.4. The van der Waals surface area contributed by atoms with Crippen molar-refractivity contribution >= 4 is 17.6 Å². The molecule has 12 heteroatoms. The topological polar surface area (TPSA) is 121 Å². The van der Waals surface area contributed by atoms with E-state index in [1.54, 1.807) is 33.0 Å². The van der Waals surface area contributed by atoms with Crippen LogP contribution in [-0.2, 0) is 16.1 Å². The number of nitrogens with one attached hydrogen (secondary N) is 2. The van der Waals surface area contributed by atoms with Crippen LogP contribution in [0.2, 0.25) is 0 Å². The summed E-state index contributed by atoms with van der Waals surface area (Å²) < 4.78 is 46.6. The van der Waals surface area contributed by atoms with E-state index >= 15 is 0 Å². The van der Waals surface area contributed by atoms with E-state index in [4.69, 9.17) is 4.74 Å². The molecule has 0 aromatic carbocycles. The van der Waals surface area contributed by atoms with Gasteiger partial charge in [-0.3, -0.25) is 4.79 Å². The predicted molar refractivity (Wildman–Crippen MR) is 117 cm³/mol. The Morgan fingerprint density at radius 2 is 1.94 bits per heavy atom. The average Bonchev–Trinajstić information content (AvgIpc) is 3.66. The summed E-state index contributed by atoms with van der Waals surface area (Å²) in [7, 11) is 0. The van der Waals surface area contributed by atoms with Crippen molar-refractivity contribution in [2.24, 2.45) is 10.8 Å². The Labute approximate surface area is 200 Å². The molecule has 2 N–H and O–H groups in total. The SMILES string of the molecule is CC(C)(C)OC(=O)NCc1cn2ncc(C(NC(=O)CC3(C(F)(F)F)CC3)C3(C#N)CC3)cc2n1. The minimum atomic E-state index is -4.44. The first-order chi connectivity index (χ1) is 16.3. The second-order valence-electron chi connectivity index (χ2n) is 10.4. The van der Waals surface area contributed by atoms with Crippen molar-refractivity contribution in [1.82, 2.24) is 25.2 Å². The Kier molecular flexibility index (Phi) is 5.93. The van der Waals surface area contributed by atoms with Gasteiger partial charge in [-0.1, -0.05) is 0 Å². The summed E-state index contributed by atoms with van der Waals surface area (Å²) >= 11 is 0. The summed E-state index contributed by atoms with van der Waals surface area (Å²) in [6, 6.07) is 3.05. The van der Waals surface area contributed by atoms with Gasteiger partial charge in [0.05, 0.1) is 47.6 Å². The van der Waals surface area contributed by atoms with Gasteiger partial charge in [-0.15, -0.1) is 0 Å². The maximum Gasteiger partial charge on any atom is 0.407 e. The minimum absolute atomic E-state index is 0.0698. The van der Waals surface area contributed by atoms with E-state index in [1.165, 1.54) is 10.7 Å². The zero-order valence-electron chi connectivity index (χ0n) is 19.7. The molecule has 2 aliphatic rings. The van der Waals surface area contributed by atoms with E-state index in [0.717, 1.165) is 0 Å². The first-order valence-corrected chi connectivity index (χ1v) is 11.3. The highest BCUT2D eigenvalue weighted by molar-refractivity contribution is 5.78. The highest BCUT2D eigenvalue weighted by Gasteiger charge is 2.64. The molecule has 2 saturated carbocycles. The summed E-state index contributed by atoms with van der Waals surface area (Å²) in [5.74, 6) is -0.739. The molecular formula is C23H27F3N6O3. The van der Waals surface area contributed by atoms with E-state index in [-0.39, 0.29) is 19.4 Å². The predicted octanol–water partition coefficient (Wildman–Crippen LogP) is 3.95. The molecule has 0 spiro atoms. The number of amides is 2. The van der Waals surface area contributed by atoms with Crippen molar-refractivity contribution in [3.05, 3.63) is 29.7 Å². The van der Waals surface area contributed by atoms with Crippen LogP contribution in [0, 0.1) is 22.2 Å². The number of nitriles is 1. The Hall–Kier alpha value is -3.36. The van der Waals surface area contributed by atoms with Crippen LogP contribution in [-0.4, -0.2) is 38.4 Å². The first kappa shape index (κ1) is 24.8. The van der Waals surface area contributed by atoms with Crippen LogP contribution in [0.1, 0.15) is 70.2 Å². The van der Waals surface area contributed by atoms with Crippen molar-refractivity contribution in [3.63, 3.8) is 0 Å². The molecule has 1 unspecified atom stereocenters. The fourth-order valence-electron chi connectivity index (χ4n) is 4.03. The molecule has 2 amide bonds. The Morgan fingerprint density at radius 1 is 1.26 bits per heavy atom. The number of aromatic nitrogens is 3. The van der Waals surface area contributed by atoms with Gasteiger partial charge in [0.25, 0.3) is 0 Å². The fraction of sp³-hybridized carbons (Fsp3) is 0.609. The third-order valence-electron chi connectivity index (χ3n) is 6.36. The molecule has 4 rings (SSSR count). The van der Waals surface area contributed by atoms with Gasteiger partial charge in [-0.25, -0.2) is 14.3 Å². The number of alkyl carbamates (subject to hydrolysis) is 1. The number of imidazole rings is 1. The number of carbonyl (C=O) groups excluding carboxylic acids is 2. The maximum atomic E-state index is 13.3. The van der Waals surface area contributed by atoms with Crippen LogP contribution < -0.4 is 10.6 Å². The normalized spacial score (nSPS) is 18.9. The lowest BCUT2D eigenvalue weighted by Crippen LogP contribution is -2.38. The summed E-state index contributed by atoms with van der Waals surface area (Å²) in [5, 5.41) is 19.3. The van der Waals surface area contributed by atoms with Gasteiger partial charge in [0.1, 0.15) is 5.60 Å². The second kappa shape index (κ2) is 8.39. The van der Waals surface area contributed by atoms with Crippen LogP contribution >= 0.6 is 0 Å². The third-order valence-corrected chi connectivity index (χ3v) is 6.36. The van der Waals surface area contributed by atoms with Gasteiger partial charge in [-0.2, -0.15) is 23.5 Å². The molecular weight excluding hydrogens is 465 g/mol. The van der Waals surface area contributed by atoms with Gasteiger partial charge < -0.3 is 15.4 Å². The van der Waals surface area contributed by atoms with Crippen LogP contribution in [0.3, 0.4) is 0 Å². The van der Waals surface area contributed by atoms with Crippen molar-refractivity contribution in [2.75, 3.05) is 0 Å². The van der Waals surface area contributed by atoms with Crippen LogP contribution in [0.5, 0.6) is 0 Å². The van der Waals surface area contributed by atoms with Crippen molar-refractivity contribution in [1.29, 1.82) is 5.26 Å². The number of hydrogen-bond acceptors (Lipinski definition) is 6. The molecule has 0 saturated heterocycles. The second-order valence-corrected chi connectivity index (χ2v) is 10.4. The summed E-state index contributed by atoms with van der Waals surface area (Å²) in [5.41, 5.74) is -2.10. The van der Waals surface area contributed by atoms with Gasteiger partial charge in [-0.05, 0) is 58.1 Å². The highest BCUT2D eigenvalue weighted by Crippen LogP contribution is 2.60. The van der Waals surface area contributed by atoms with Gasteiger partial charge >= 0.3 is 12.3 Å². The molecule has 188 valence electrons. The minimum Gasteiger partial charge on any atom is -0.444 e. The van der Waals surface area contributed by atoms with Crippen LogP contribution in [0.15, 0.2) is 18.5 Å². The zero-order chi connectivity index (χ0) is 25.6. The number of ether oxygens (including phenoxy) is 1. The molecule has 2 fully saturated rings. The molecule has 9 nitrogen and oxygen atoms in total. The number of alkyl halides is 3. The molecule has 2 aromatic rings. The Morgan fingerprint density at radius 3 is 2.49 bits per heavy atom. The van der Waals surface area contributed by atoms with Gasteiger partial charge in [0, 0.05) is 6.42 Å². The lowest BCUT2D eigenvalue weighted by Gasteiger charge is -2.25. The van der Waals surface area contributed by atoms with Crippen molar-refractivity contribution in [3.8, 4) is 6.07 Å². The third kappa shape index (κ3) is 5.33. The quantitative estimate of drug-likeness (QED) is 0.604. The number of fused-ring (bicyclic) bond motifs is 1. The molecule has 35 heavy (non-hydrogen) atoms. The molecule has 1 atom stereocenters. The van der Waals surface area contributed by atoms with Crippen LogP contribution in [0.25, 0.3) is 5.65 Å². The van der Waals surface area contributed by atoms with E-state index in [9.17, 15) is 28.0 Å². The fourth-order valence-corrected chi connectivity index (χ4v) is 4.03. The van der Waals surface area contributed by atoms with E-state index < -0.39 is 47.1 Å². The number of halogens is 3. The molecule has 2 aliphatic carbocycles. The number of carbonyl (C=O) groups is 2. The smallest absolute Gasteiger partial charge is 0.407 e. The lowest BCUT2D eigenvalue weighted by molar-refractivity contribution is -0.190. The van der Waals surface area contributed by atoms with Crippen molar-refractivity contribution < 1.29 is 27.5 Å². The maximum absolute atomic E-state index is 13.3. The standard InChI is InChI=1S/C23H27F3N6O3/c1-20(2,3)35-19(34)28-11-15-12-32-16(30-15)8-14(10-29-32)18(21(13-27)4-5-21)31-17(33)9-22(6-7-22)23(24,25)26/h8,10,12,18H,4-7,9,11H2,1-3H3,(H,28,34)(H,31,33). The molecule has 0 aliphatic heterocycles.